The van der Waals surface area contributed by atoms with Crippen molar-refractivity contribution in [2.45, 2.75) is 0 Å². The molecule has 1 heterocycles. The molecule has 2 aromatic carbocycles. The van der Waals surface area contributed by atoms with Crippen LogP contribution in [0.15, 0.2) is 48.5 Å². The van der Waals surface area contributed by atoms with Gasteiger partial charge >= 0.3 is 0 Å². The molecule has 0 saturated carbocycles. The highest BCUT2D eigenvalue weighted by molar-refractivity contribution is 5.63. The van der Waals surface area contributed by atoms with E-state index in [1.807, 2.05) is 48.5 Å². The first-order valence-corrected chi connectivity index (χ1v) is 4.81. The molecule has 1 aliphatic rings. The number of fused-ring (bicyclic) bond motifs is 2. The molecule has 0 fully saturated rings. The summed E-state index contributed by atoms with van der Waals surface area (Å²) < 4.78 is 5.78. The third kappa shape index (κ3) is 1.44. The molecule has 3 rings (SSSR count). The molecule has 0 unspecified atom stereocenters. The summed E-state index contributed by atoms with van der Waals surface area (Å²) in [6.07, 6.45) is 0. The Morgan fingerprint density at radius 1 is 0.867 bits per heavy atom. The van der Waals surface area contributed by atoms with Crippen molar-refractivity contribution < 1.29 is 4.74 Å². The predicted molar refractivity (Wildman–Crippen MR) is 58.9 cm³/mol. The van der Waals surface area contributed by atoms with Gasteiger partial charge in [-0.3, -0.25) is 0 Å². The molecule has 2 radical (unpaired) electrons. The van der Waals surface area contributed by atoms with Crippen molar-refractivity contribution in [3.63, 3.8) is 0 Å². The summed E-state index contributed by atoms with van der Waals surface area (Å²) in [5.74, 6) is 1.66. The number of rotatable bonds is 0. The quantitative estimate of drug-likeness (QED) is 0.696. The van der Waals surface area contributed by atoms with E-state index in [-0.39, 0.29) is 0 Å². The first-order chi connectivity index (χ1) is 7.43. The number of ether oxygens (including phenoxy) is 1. The van der Waals surface area contributed by atoms with Crippen molar-refractivity contribution in [2.24, 2.45) is 0 Å². The Hall–Kier alpha value is -1.96. The van der Waals surface area contributed by atoms with Crippen molar-refractivity contribution >= 4 is 5.69 Å². The minimum absolute atomic E-state index is 0.829. The monoisotopic (exact) mass is 195 g/mol. The third-order valence-corrected chi connectivity index (χ3v) is 2.33. The Bertz CT molecular complexity index is 448. The molecule has 0 spiro atoms. The van der Waals surface area contributed by atoms with Crippen LogP contribution >= 0.6 is 0 Å². The highest BCUT2D eigenvalue weighted by Crippen LogP contribution is 2.35. The molecule has 1 aliphatic heterocycles. The Morgan fingerprint density at radius 2 is 1.60 bits per heavy atom. The summed E-state index contributed by atoms with van der Waals surface area (Å²) in [4.78, 5) is 0. The van der Waals surface area contributed by atoms with E-state index in [9.17, 15) is 0 Å². The minimum atomic E-state index is 0.829. The molecule has 0 bridgehead atoms. The number of benzene rings is 2. The Balaban J connectivity index is 2.10. The maximum Gasteiger partial charge on any atom is 0.150 e. The van der Waals surface area contributed by atoms with Crippen molar-refractivity contribution in [3.8, 4) is 11.5 Å². The Kier molecular flexibility index (Phi) is 1.85. The van der Waals surface area contributed by atoms with Gasteiger partial charge in [-0.15, -0.1) is 0 Å². The lowest BCUT2D eigenvalue weighted by Gasteiger charge is -2.06. The normalized spacial score (nSPS) is 12.8. The van der Waals surface area contributed by atoms with Crippen LogP contribution in [0.4, 0.5) is 5.69 Å². The smallest absolute Gasteiger partial charge is 0.150 e. The molecule has 15 heavy (non-hydrogen) atoms. The van der Waals surface area contributed by atoms with Gasteiger partial charge in [0.15, 0.2) is 5.75 Å². The van der Waals surface area contributed by atoms with Gasteiger partial charge < -0.3 is 10.1 Å². The Labute approximate surface area is 88.5 Å². The highest BCUT2D eigenvalue weighted by Gasteiger charge is 2.13. The van der Waals surface area contributed by atoms with Gasteiger partial charge in [0.25, 0.3) is 0 Å². The molecule has 0 saturated heterocycles. The second-order valence-electron chi connectivity index (χ2n) is 3.34. The average molecular weight is 195 g/mol. The minimum Gasteiger partial charge on any atom is -0.455 e. The van der Waals surface area contributed by atoms with Crippen LogP contribution in [0.3, 0.4) is 0 Å². The zero-order valence-electron chi connectivity index (χ0n) is 8.03. The van der Waals surface area contributed by atoms with Crippen LogP contribution < -0.4 is 10.1 Å². The molecular weight excluding hydrogens is 186 g/mol. The Morgan fingerprint density at radius 3 is 2.53 bits per heavy atom. The SMILES string of the molecule is [C]1Nc2ccccc2Oc2ccccc21. The van der Waals surface area contributed by atoms with Crippen molar-refractivity contribution in [2.75, 3.05) is 5.32 Å². The molecule has 2 aromatic rings. The fourth-order valence-electron chi connectivity index (χ4n) is 1.57. The molecular formula is C13H9NO. The van der Waals surface area contributed by atoms with Crippen LogP contribution in [0, 0.1) is 6.54 Å². The summed E-state index contributed by atoms with van der Waals surface area (Å²) in [5, 5.41) is 3.11. The molecule has 1 N–H and O–H groups in total. The predicted octanol–water partition coefficient (Wildman–Crippen LogP) is 3.29. The first kappa shape index (κ1) is 8.36. The van der Waals surface area contributed by atoms with Crippen LogP contribution in [-0.2, 0) is 0 Å². The largest absolute Gasteiger partial charge is 0.455 e. The summed E-state index contributed by atoms with van der Waals surface area (Å²) >= 11 is 0. The van der Waals surface area contributed by atoms with E-state index in [1.54, 1.807) is 0 Å². The number of hydrogen-bond donors (Lipinski definition) is 1. The van der Waals surface area contributed by atoms with Gasteiger partial charge in [0.05, 0.1) is 5.69 Å². The lowest BCUT2D eigenvalue weighted by atomic mass is 10.2. The van der Waals surface area contributed by atoms with E-state index in [2.05, 4.69) is 11.9 Å². The van der Waals surface area contributed by atoms with E-state index in [0.717, 1.165) is 22.7 Å². The highest BCUT2D eigenvalue weighted by atomic mass is 16.5. The van der Waals surface area contributed by atoms with Crippen LogP contribution in [0.1, 0.15) is 5.56 Å². The molecule has 0 atom stereocenters. The first-order valence-electron chi connectivity index (χ1n) is 4.81. The molecule has 2 nitrogen and oxygen atoms in total. The number of nitrogens with one attached hydrogen (secondary N) is 1. The van der Waals surface area contributed by atoms with Crippen molar-refractivity contribution in [1.82, 2.24) is 0 Å². The van der Waals surface area contributed by atoms with E-state index >= 15 is 0 Å². The summed E-state index contributed by atoms with van der Waals surface area (Å²) in [5.41, 5.74) is 1.88. The van der Waals surface area contributed by atoms with Gasteiger partial charge in [-0.1, -0.05) is 30.3 Å². The van der Waals surface area contributed by atoms with Gasteiger partial charge in [0.2, 0.25) is 0 Å². The lowest BCUT2D eigenvalue weighted by Crippen LogP contribution is -1.93. The second kappa shape index (κ2) is 3.31. The number of anilines is 1. The van der Waals surface area contributed by atoms with Crippen molar-refractivity contribution in [3.05, 3.63) is 60.6 Å². The zero-order chi connectivity index (χ0) is 10.1. The van der Waals surface area contributed by atoms with E-state index in [1.165, 1.54) is 0 Å². The van der Waals surface area contributed by atoms with Gasteiger partial charge in [0, 0.05) is 5.56 Å². The van der Waals surface area contributed by atoms with Gasteiger partial charge in [-0.2, -0.15) is 0 Å². The van der Waals surface area contributed by atoms with Crippen LogP contribution in [0.2, 0.25) is 0 Å². The fourth-order valence-corrected chi connectivity index (χ4v) is 1.57. The van der Waals surface area contributed by atoms with E-state index < -0.39 is 0 Å². The number of hydrogen-bond acceptors (Lipinski definition) is 2. The maximum absolute atomic E-state index is 5.78. The third-order valence-electron chi connectivity index (χ3n) is 2.33. The maximum atomic E-state index is 5.78. The van der Waals surface area contributed by atoms with Gasteiger partial charge in [0.1, 0.15) is 12.3 Å². The topological polar surface area (TPSA) is 21.3 Å². The van der Waals surface area contributed by atoms with E-state index in [0.29, 0.717) is 0 Å². The number of para-hydroxylation sites is 3. The zero-order valence-corrected chi connectivity index (χ0v) is 8.03. The van der Waals surface area contributed by atoms with Crippen molar-refractivity contribution in [1.29, 1.82) is 0 Å². The van der Waals surface area contributed by atoms with Crippen LogP contribution in [-0.4, -0.2) is 0 Å². The fraction of sp³-hybridized carbons (Fsp3) is 0. The van der Waals surface area contributed by atoms with Crippen LogP contribution in [0.25, 0.3) is 0 Å². The summed E-state index contributed by atoms with van der Waals surface area (Å²) in [6.45, 7) is 3.11. The van der Waals surface area contributed by atoms with Crippen LogP contribution in [0.5, 0.6) is 11.5 Å². The van der Waals surface area contributed by atoms with E-state index in [4.69, 9.17) is 4.74 Å². The molecule has 72 valence electrons. The van der Waals surface area contributed by atoms with Gasteiger partial charge in [-0.05, 0) is 18.2 Å². The molecule has 2 heteroatoms. The lowest BCUT2D eigenvalue weighted by molar-refractivity contribution is 0.485. The molecule has 0 aliphatic carbocycles. The molecule has 0 amide bonds. The van der Waals surface area contributed by atoms with Gasteiger partial charge in [-0.25, -0.2) is 0 Å². The second-order valence-corrected chi connectivity index (χ2v) is 3.34. The standard InChI is InChI=1S/C13H9NO/c1-3-7-12-10(5-1)9-14-11-6-2-4-8-13(11)15-12/h1-8,14H. The summed E-state index contributed by atoms with van der Waals surface area (Å²) in [7, 11) is 0. The average Bonchev–Trinajstić information content (AvgIpc) is 2.48. The molecule has 0 aromatic heterocycles. The summed E-state index contributed by atoms with van der Waals surface area (Å²) in [6, 6.07) is 15.6.